The molecule has 0 radical (unpaired) electrons. The van der Waals surface area contributed by atoms with E-state index in [0.29, 0.717) is 33.5 Å². The molecule has 0 saturated heterocycles. The van der Waals surface area contributed by atoms with E-state index in [1.807, 2.05) is 16.9 Å². The number of nitrogens with zero attached hydrogens (tertiary/aromatic N) is 6. The van der Waals surface area contributed by atoms with Crippen molar-refractivity contribution in [2.75, 3.05) is 17.2 Å². The molecule has 0 aliphatic heterocycles. The first kappa shape index (κ1) is 28.5. The number of aromatic nitrogens is 5. The fraction of sp³-hybridized carbons (Fsp3) is 0.393. The van der Waals surface area contributed by atoms with Crippen LogP contribution in [0.3, 0.4) is 0 Å². The van der Waals surface area contributed by atoms with Crippen molar-refractivity contribution in [3.05, 3.63) is 70.1 Å². The number of halogens is 5. The maximum absolute atomic E-state index is 13.9. The molecule has 1 aliphatic carbocycles. The second-order valence-electron chi connectivity index (χ2n) is 11.2. The van der Waals surface area contributed by atoms with E-state index < -0.39 is 30.1 Å². The number of alkyl halides is 3. The van der Waals surface area contributed by atoms with Gasteiger partial charge >= 0.3 is 6.18 Å². The molecule has 3 aromatic heterocycles. The minimum Gasteiger partial charge on any atom is -0.382 e. The first-order valence-corrected chi connectivity index (χ1v) is 13.3. The SMILES string of the molecule is Cc1nc(F)ccc1C(Nc1cc(Cl)c2ncc(C#N)c(NCC(C)(C)C(F)(F)F)c2c1)c1cn(C2(C)CC2)nn1. The van der Waals surface area contributed by atoms with Gasteiger partial charge < -0.3 is 10.6 Å². The van der Waals surface area contributed by atoms with Crippen molar-refractivity contribution in [3.8, 4) is 6.07 Å². The number of benzene rings is 1. The van der Waals surface area contributed by atoms with Crippen LogP contribution in [0.1, 0.15) is 62.2 Å². The lowest BCUT2D eigenvalue weighted by molar-refractivity contribution is -0.206. The molecule has 41 heavy (non-hydrogen) atoms. The van der Waals surface area contributed by atoms with Crippen LogP contribution in [0.2, 0.25) is 5.02 Å². The van der Waals surface area contributed by atoms with Crippen molar-refractivity contribution in [3.63, 3.8) is 0 Å². The summed E-state index contributed by atoms with van der Waals surface area (Å²) in [5.74, 6) is -0.625. The third kappa shape index (κ3) is 5.51. The fourth-order valence-corrected chi connectivity index (χ4v) is 4.70. The highest BCUT2D eigenvalue weighted by Crippen LogP contribution is 2.43. The molecule has 1 unspecified atom stereocenters. The first-order chi connectivity index (χ1) is 19.2. The molecule has 3 heterocycles. The largest absolute Gasteiger partial charge is 0.395 e. The number of pyridine rings is 2. The molecule has 4 aromatic rings. The third-order valence-electron chi connectivity index (χ3n) is 7.57. The lowest BCUT2D eigenvalue weighted by Gasteiger charge is -2.28. The molecule has 13 heteroatoms. The van der Waals surface area contributed by atoms with Gasteiger partial charge in [-0.3, -0.25) is 4.98 Å². The highest BCUT2D eigenvalue weighted by Gasteiger charge is 2.47. The molecule has 0 bridgehead atoms. The van der Waals surface area contributed by atoms with Gasteiger partial charge in [-0.05, 0) is 58.7 Å². The number of aryl methyl sites for hydroxylation is 1. The van der Waals surface area contributed by atoms with Crippen LogP contribution in [0.5, 0.6) is 0 Å². The second kappa shape index (κ2) is 10.1. The van der Waals surface area contributed by atoms with Crippen molar-refractivity contribution in [1.29, 1.82) is 5.26 Å². The smallest absolute Gasteiger partial charge is 0.382 e. The van der Waals surface area contributed by atoms with Gasteiger partial charge in [0.15, 0.2) is 0 Å². The molecule has 1 fully saturated rings. The van der Waals surface area contributed by atoms with E-state index >= 15 is 0 Å². The van der Waals surface area contributed by atoms with E-state index in [0.717, 1.165) is 26.7 Å². The Kier molecular flexibility index (Phi) is 7.06. The second-order valence-corrected chi connectivity index (χ2v) is 11.6. The number of nitrogens with one attached hydrogen (secondary N) is 2. The first-order valence-electron chi connectivity index (χ1n) is 12.9. The average molecular weight is 587 g/mol. The summed E-state index contributed by atoms with van der Waals surface area (Å²) in [5.41, 5.74) is 0.491. The van der Waals surface area contributed by atoms with Crippen LogP contribution >= 0.6 is 11.6 Å². The molecular weight excluding hydrogens is 560 g/mol. The lowest BCUT2D eigenvalue weighted by atomic mass is 9.92. The molecule has 214 valence electrons. The fourth-order valence-electron chi connectivity index (χ4n) is 4.43. The molecule has 1 saturated carbocycles. The highest BCUT2D eigenvalue weighted by atomic mass is 35.5. The Bertz CT molecular complexity index is 1670. The molecule has 1 aromatic carbocycles. The molecule has 1 aliphatic rings. The predicted octanol–water partition coefficient (Wildman–Crippen LogP) is 6.90. The maximum Gasteiger partial charge on any atom is 0.395 e. The number of nitriles is 1. The number of fused-ring (bicyclic) bond motifs is 1. The van der Waals surface area contributed by atoms with Gasteiger partial charge in [-0.25, -0.2) is 9.67 Å². The van der Waals surface area contributed by atoms with E-state index in [9.17, 15) is 22.8 Å². The van der Waals surface area contributed by atoms with Crippen LogP contribution in [-0.2, 0) is 5.54 Å². The Hall–Kier alpha value is -3.98. The zero-order valence-electron chi connectivity index (χ0n) is 22.7. The van der Waals surface area contributed by atoms with E-state index in [1.54, 1.807) is 25.1 Å². The van der Waals surface area contributed by atoms with Crippen LogP contribution in [-0.4, -0.2) is 37.7 Å². The number of rotatable bonds is 8. The summed E-state index contributed by atoms with van der Waals surface area (Å²) >= 11 is 6.60. The summed E-state index contributed by atoms with van der Waals surface area (Å²) in [6.07, 6.45) is 0.583. The van der Waals surface area contributed by atoms with Gasteiger partial charge in [0.25, 0.3) is 0 Å². The Labute approximate surface area is 238 Å². The Morgan fingerprint density at radius 3 is 2.59 bits per heavy atom. The van der Waals surface area contributed by atoms with Crippen molar-refractivity contribution in [2.45, 2.75) is 58.3 Å². The molecule has 5 rings (SSSR count). The van der Waals surface area contributed by atoms with E-state index in [4.69, 9.17) is 11.6 Å². The van der Waals surface area contributed by atoms with Crippen LogP contribution in [0.15, 0.2) is 36.7 Å². The molecule has 0 spiro atoms. The van der Waals surface area contributed by atoms with Gasteiger partial charge in [-0.1, -0.05) is 22.9 Å². The quantitative estimate of drug-likeness (QED) is 0.171. The van der Waals surface area contributed by atoms with Gasteiger partial charge in [-0.15, -0.1) is 5.10 Å². The summed E-state index contributed by atoms with van der Waals surface area (Å²) in [4.78, 5) is 8.25. The Morgan fingerprint density at radius 2 is 1.95 bits per heavy atom. The molecule has 0 amide bonds. The average Bonchev–Trinajstić information content (AvgIpc) is 3.44. The van der Waals surface area contributed by atoms with Crippen LogP contribution in [0.25, 0.3) is 10.9 Å². The molecular formula is C28H27ClF4N8. The monoisotopic (exact) mass is 586 g/mol. The van der Waals surface area contributed by atoms with Crippen LogP contribution in [0, 0.1) is 29.6 Å². The zero-order chi connectivity index (χ0) is 29.7. The standard InChI is InChI=1S/C28H27ClF4N8/c1-15-18(5-6-22(30)37-15)25(21-13-41(40-39-21)27(4)7-8-27)38-17-9-19-23(36-14-26(2,3)28(31,32)33)16(11-34)12-35-24(19)20(29)10-17/h5-6,9-10,12-13,25,38H,7-8,14H2,1-4H3,(H,35,36). The maximum atomic E-state index is 13.9. The molecule has 8 nitrogen and oxygen atoms in total. The van der Waals surface area contributed by atoms with Crippen LogP contribution < -0.4 is 10.6 Å². The van der Waals surface area contributed by atoms with Gasteiger partial charge in [-0.2, -0.15) is 22.8 Å². The van der Waals surface area contributed by atoms with E-state index in [2.05, 4.69) is 37.8 Å². The number of hydrogen-bond donors (Lipinski definition) is 2. The summed E-state index contributed by atoms with van der Waals surface area (Å²) in [7, 11) is 0. The number of anilines is 2. The van der Waals surface area contributed by atoms with Gasteiger partial charge in [0.1, 0.15) is 11.8 Å². The van der Waals surface area contributed by atoms with Gasteiger partial charge in [0.2, 0.25) is 5.95 Å². The van der Waals surface area contributed by atoms with Gasteiger partial charge in [0, 0.05) is 35.1 Å². The van der Waals surface area contributed by atoms with Crippen molar-refractivity contribution in [1.82, 2.24) is 25.0 Å². The number of hydrogen-bond acceptors (Lipinski definition) is 7. The Morgan fingerprint density at radius 1 is 1.22 bits per heavy atom. The predicted molar refractivity (Wildman–Crippen MR) is 147 cm³/mol. The highest BCUT2D eigenvalue weighted by molar-refractivity contribution is 6.35. The van der Waals surface area contributed by atoms with Crippen molar-refractivity contribution >= 4 is 33.9 Å². The van der Waals surface area contributed by atoms with Crippen LogP contribution in [0.4, 0.5) is 28.9 Å². The zero-order valence-corrected chi connectivity index (χ0v) is 23.5. The Balaban J connectivity index is 1.59. The normalized spacial score (nSPS) is 15.4. The summed E-state index contributed by atoms with van der Waals surface area (Å²) in [6.45, 7) is 5.43. The van der Waals surface area contributed by atoms with Crippen molar-refractivity contribution < 1.29 is 17.6 Å². The summed E-state index contributed by atoms with van der Waals surface area (Å²) in [6, 6.07) is 7.51. The van der Waals surface area contributed by atoms with E-state index in [1.165, 1.54) is 12.3 Å². The lowest BCUT2D eigenvalue weighted by Crippen LogP contribution is -2.38. The minimum absolute atomic E-state index is 0.0689. The topological polar surface area (TPSA) is 104 Å². The summed E-state index contributed by atoms with van der Waals surface area (Å²) in [5, 5.41) is 25.2. The van der Waals surface area contributed by atoms with Gasteiger partial charge in [0.05, 0.1) is 45.0 Å². The summed E-state index contributed by atoms with van der Waals surface area (Å²) < 4.78 is 56.4. The van der Waals surface area contributed by atoms with E-state index in [-0.39, 0.29) is 21.8 Å². The third-order valence-corrected chi connectivity index (χ3v) is 7.86. The minimum atomic E-state index is -4.47. The molecule has 2 N–H and O–H groups in total. The molecule has 1 atom stereocenters. The van der Waals surface area contributed by atoms with Crippen molar-refractivity contribution in [2.24, 2.45) is 5.41 Å².